The molecule has 4 nitrogen and oxygen atoms in total. The number of rotatable bonds is 2. The van der Waals surface area contributed by atoms with E-state index in [-0.39, 0.29) is 18.1 Å². The van der Waals surface area contributed by atoms with Crippen LogP contribution in [0.15, 0.2) is 0 Å². The number of carbonyl (C=O) groups excluding carboxylic acids is 1. The van der Waals surface area contributed by atoms with Crippen molar-refractivity contribution < 1.29 is 9.53 Å². The fourth-order valence-electron chi connectivity index (χ4n) is 1.87. The predicted molar refractivity (Wildman–Crippen MR) is 48.2 cm³/mol. The molecule has 4 heteroatoms. The topological polar surface area (TPSA) is 41.6 Å². The second kappa shape index (κ2) is 3.64. The molecule has 0 aliphatic carbocycles. The molecule has 2 atom stereocenters. The van der Waals surface area contributed by atoms with Crippen LogP contribution in [0.1, 0.15) is 19.8 Å². The van der Waals surface area contributed by atoms with Gasteiger partial charge in [0.15, 0.2) is 0 Å². The van der Waals surface area contributed by atoms with Gasteiger partial charge in [0.2, 0.25) is 5.91 Å². The van der Waals surface area contributed by atoms with Gasteiger partial charge in [-0.25, -0.2) is 0 Å². The minimum absolute atomic E-state index is 0.0126. The van der Waals surface area contributed by atoms with Crippen LogP contribution in [0, 0.1) is 0 Å². The maximum absolute atomic E-state index is 11.5. The SMILES string of the molecule is CC1NCN(CC2CCCO2)C1=O. The second-order valence-electron chi connectivity index (χ2n) is 3.78. The molecule has 2 unspecified atom stereocenters. The Morgan fingerprint density at radius 2 is 2.54 bits per heavy atom. The largest absolute Gasteiger partial charge is 0.376 e. The minimum atomic E-state index is -0.0126. The lowest BCUT2D eigenvalue weighted by molar-refractivity contribution is -0.129. The van der Waals surface area contributed by atoms with Crippen LogP contribution in [0.25, 0.3) is 0 Å². The van der Waals surface area contributed by atoms with Crippen LogP contribution in [0.5, 0.6) is 0 Å². The van der Waals surface area contributed by atoms with Crippen LogP contribution in [0.2, 0.25) is 0 Å². The Labute approximate surface area is 78.2 Å². The Morgan fingerprint density at radius 1 is 1.69 bits per heavy atom. The molecule has 0 saturated carbocycles. The molecule has 2 rings (SSSR count). The summed E-state index contributed by atoms with van der Waals surface area (Å²) in [4.78, 5) is 13.3. The van der Waals surface area contributed by atoms with Crippen molar-refractivity contribution in [1.29, 1.82) is 0 Å². The summed E-state index contributed by atoms with van der Waals surface area (Å²) in [6.07, 6.45) is 2.50. The molecule has 0 spiro atoms. The van der Waals surface area contributed by atoms with E-state index in [1.807, 2.05) is 11.8 Å². The zero-order valence-electron chi connectivity index (χ0n) is 7.95. The smallest absolute Gasteiger partial charge is 0.240 e. The van der Waals surface area contributed by atoms with Gasteiger partial charge in [-0.1, -0.05) is 0 Å². The van der Waals surface area contributed by atoms with Gasteiger partial charge in [0.25, 0.3) is 0 Å². The lowest BCUT2D eigenvalue weighted by Crippen LogP contribution is -2.35. The van der Waals surface area contributed by atoms with Gasteiger partial charge in [-0.15, -0.1) is 0 Å². The maximum Gasteiger partial charge on any atom is 0.240 e. The fourth-order valence-corrected chi connectivity index (χ4v) is 1.87. The molecule has 2 heterocycles. The number of nitrogens with one attached hydrogen (secondary N) is 1. The van der Waals surface area contributed by atoms with Crippen LogP contribution in [-0.4, -0.2) is 42.8 Å². The van der Waals surface area contributed by atoms with Gasteiger partial charge in [-0.05, 0) is 19.8 Å². The van der Waals surface area contributed by atoms with E-state index in [4.69, 9.17) is 4.74 Å². The third-order valence-corrected chi connectivity index (χ3v) is 2.72. The van der Waals surface area contributed by atoms with E-state index in [0.29, 0.717) is 6.67 Å². The van der Waals surface area contributed by atoms with Crippen molar-refractivity contribution in [1.82, 2.24) is 10.2 Å². The standard InChI is InChI=1S/C9H16N2O2/c1-7-9(12)11(6-10-7)5-8-3-2-4-13-8/h7-8,10H,2-6H2,1H3. The summed E-state index contributed by atoms with van der Waals surface area (Å²) in [7, 11) is 0. The molecule has 2 aliphatic rings. The van der Waals surface area contributed by atoms with E-state index in [1.54, 1.807) is 0 Å². The lowest BCUT2D eigenvalue weighted by atomic mass is 10.2. The molecule has 0 aromatic carbocycles. The first-order valence-corrected chi connectivity index (χ1v) is 4.91. The van der Waals surface area contributed by atoms with Gasteiger partial charge < -0.3 is 9.64 Å². The van der Waals surface area contributed by atoms with E-state index < -0.39 is 0 Å². The summed E-state index contributed by atoms with van der Waals surface area (Å²) in [6.45, 7) is 4.20. The summed E-state index contributed by atoms with van der Waals surface area (Å²) in [6, 6.07) is -0.0126. The van der Waals surface area contributed by atoms with Crippen LogP contribution in [-0.2, 0) is 9.53 Å². The van der Waals surface area contributed by atoms with Crippen molar-refractivity contribution in [3.8, 4) is 0 Å². The molecule has 74 valence electrons. The highest BCUT2D eigenvalue weighted by Crippen LogP contribution is 2.14. The van der Waals surface area contributed by atoms with Gasteiger partial charge in [-0.3, -0.25) is 10.1 Å². The highest BCUT2D eigenvalue weighted by atomic mass is 16.5. The minimum Gasteiger partial charge on any atom is -0.376 e. The fraction of sp³-hybridized carbons (Fsp3) is 0.889. The van der Waals surface area contributed by atoms with Crippen LogP contribution >= 0.6 is 0 Å². The summed E-state index contributed by atoms with van der Waals surface area (Å²) in [5, 5.41) is 3.11. The zero-order chi connectivity index (χ0) is 9.26. The van der Waals surface area contributed by atoms with E-state index in [0.717, 1.165) is 26.0 Å². The summed E-state index contributed by atoms with van der Waals surface area (Å²) >= 11 is 0. The molecule has 2 fully saturated rings. The van der Waals surface area contributed by atoms with Crippen LogP contribution in [0.3, 0.4) is 0 Å². The third kappa shape index (κ3) is 1.84. The maximum atomic E-state index is 11.5. The first kappa shape index (κ1) is 8.97. The number of amides is 1. The Hall–Kier alpha value is -0.610. The van der Waals surface area contributed by atoms with E-state index in [1.165, 1.54) is 0 Å². The second-order valence-corrected chi connectivity index (χ2v) is 3.78. The third-order valence-electron chi connectivity index (χ3n) is 2.72. The van der Waals surface area contributed by atoms with Crippen LogP contribution in [0.4, 0.5) is 0 Å². The normalized spacial score (nSPS) is 34.5. The summed E-state index contributed by atoms with van der Waals surface area (Å²) in [5.41, 5.74) is 0. The summed E-state index contributed by atoms with van der Waals surface area (Å²) < 4.78 is 5.48. The summed E-state index contributed by atoms with van der Waals surface area (Å²) in [5.74, 6) is 0.204. The molecule has 0 bridgehead atoms. The molecule has 0 aromatic rings. The molecule has 13 heavy (non-hydrogen) atoms. The predicted octanol–water partition coefficient (Wildman–Crippen LogP) is -0.0568. The average molecular weight is 184 g/mol. The molecule has 2 aliphatic heterocycles. The van der Waals surface area contributed by atoms with Gasteiger partial charge in [0.05, 0.1) is 18.8 Å². The Bertz CT molecular complexity index is 202. The van der Waals surface area contributed by atoms with Gasteiger partial charge in [0, 0.05) is 13.2 Å². The van der Waals surface area contributed by atoms with E-state index in [2.05, 4.69) is 5.32 Å². The van der Waals surface area contributed by atoms with E-state index >= 15 is 0 Å². The van der Waals surface area contributed by atoms with Gasteiger partial charge >= 0.3 is 0 Å². The van der Waals surface area contributed by atoms with Gasteiger partial charge in [0.1, 0.15) is 0 Å². The monoisotopic (exact) mass is 184 g/mol. The zero-order valence-corrected chi connectivity index (χ0v) is 7.95. The Kier molecular flexibility index (Phi) is 2.51. The van der Waals surface area contributed by atoms with E-state index in [9.17, 15) is 4.79 Å². The molecule has 2 saturated heterocycles. The van der Waals surface area contributed by atoms with Crippen molar-refractivity contribution in [2.24, 2.45) is 0 Å². The quantitative estimate of drug-likeness (QED) is 0.654. The lowest BCUT2D eigenvalue weighted by Gasteiger charge is -2.18. The molecule has 1 N–H and O–H groups in total. The Balaban J connectivity index is 1.84. The Morgan fingerprint density at radius 3 is 3.08 bits per heavy atom. The molecule has 1 amide bonds. The number of hydrogen-bond donors (Lipinski definition) is 1. The van der Waals surface area contributed by atoms with Crippen molar-refractivity contribution in [3.05, 3.63) is 0 Å². The number of carbonyl (C=O) groups is 1. The molecule has 0 radical (unpaired) electrons. The first-order valence-electron chi connectivity index (χ1n) is 4.91. The van der Waals surface area contributed by atoms with Crippen molar-refractivity contribution in [3.63, 3.8) is 0 Å². The van der Waals surface area contributed by atoms with Crippen molar-refractivity contribution >= 4 is 5.91 Å². The number of hydrogen-bond acceptors (Lipinski definition) is 3. The highest BCUT2D eigenvalue weighted by molar-refractivity contribution is 5.83. The molecular formula is C9H16N2O2. The van der Waals surface area contributed by atoms with Crippen molar-refractivity contribution in [2.45, 2.75) is 31.9 Å². The van der Waals surface area contributed by atoms with Gasteiger partial charge in [-0.2, -0.15) is 0 Å². The average Bonchev–Trinajstić information content (AvgIpc) is 2.71. The first-order chi connectivity index (χ1) is 6.27. The molecular weight excluding hydrogens is 168 g/mol. The highest BCUT2D eigenvalue weighted by Gasteiger charge is 2.30. The number of ether oxygens (including phenoxy) is 1. The number of nitrogens with zero attached hydrogens (tertiary/aromatic N) is 1. The molecule has 0 aromatic heterocycles. The van der Waals surface area contributed by atoms with Crippen molar-refractivity contribution in [2.75, 3.05) is 19.8 Å². The van der Waals surface area contributed by atoms with Crippen LogP contribution < -0.4 is 5.32 Å².